The Kier molecular flexibility index (Phi) is 7.28. The Labute approximate surface area is 209 Å². The molecule has 0 unspecified atom stereocenters. The van der Waals surface area contributed by atoms with Crippen LogP contribution in [0.3, 0.4) is 0 Å². The zero-order valence-corrected chi connectivity index (χ0v) is 21.4. The lowest BCUT2D eigenvalue weighted by Crippen LogP contribution is -2.38. The summed E-state index contributed by atoms with van der Waals surface area (Å²) in [5, 5.41) is 11.9. The maximum atomic E-state index is 13.6. The number of nitrogens with zero attached hydrogens (tertiary/aromatic N) is 3. The van der Waals surface area contributed by atoms with Crippen molar-refractivity contribution in [3.05, 3.63) is 89.5 Å². The predicted molar refractivity (Wildman–Crippen MR) is 140 cm³/mol. The standard InChI is InChI=1S/C26H26N4O3S2/c1-4-20-7-5-6-8-23(20)30(35(32,33)22-15-11-19(3)12-16-22)17-24(31)27-26-29-28-25(34-26)21-13-9-18(2)10-14-21/h5-16H,4,17H2,1-3H3,(H,27,29,31). The van der Waals surface area contributed by atoms with Gasteiger partial charge in [-0.2, -0.15) is 0 Å². The van der Waals surface area contributed by atoms with Crippen molar-refractivity contribution >= 4 is 38.1 Å². The van der Waals surface area contributed by atoms with Crippen LogP contribution in [0.4, 0.5) is 10.8 Å². The van der Waals surface area contributed by atoms with Gasteiger partial charge in [0.15, 0.2) is 0 Å². The number of sulfonamides is 1. The maximum Gasteiger partial charge on any atom is 0.264 e. The van der Waals surface area contributed by atoms with Crippen molar-refractivity contribution in [2.24, 2.45) is 0 Å². The fourth-order valence-electron chi connectivity index (χ4n) is 3.57. The molecule has 4 rings (SSSR count). The lowest BCUT2D eigenvalue weighted by atomic mass is 10.1. The maximum absolute atomic E-state index is 13.6. The summed E-state index contributed by atoms with van der Waals surface area (Å²) in [6, 6.07) is 21.7. The minimum absolute atomic E-state index is 0.124. The average molecular weight is 507 g/mol. The number of para-hydroxylation sites is 1. The lowest BCUT2D eigenvalue weighted by Gasteiger charge is -2.26. The molecular formula is C26H26N4O3S2. The number of aromatic nitrogens is 2. The van der Waals surface area contributed by atoms with E-state index in [2.05, 4.69) is 15.5 Å². The molecule has 0 bridgehead atoms. The summed E-state index contributed by atoms with van der Waals surface area (Å²) in [5.74, 6) is -0.502. The van der Waals surface area contributed by atoms with Gasteiger partial charge in [0.05, 0.1) is 10.6 Å². The Balaban J connectivity index is 1.62. The molecule has 0 radical (unpaired) electrons. The Morgan fingerprint density at radius 1 is 0.914 bits per heavy atom. The summed E-state index contributed by atoms with van der Waals surface area (Å²) in [4.78, 5) is 13.2. The van der Waals surface area contributed by atoms with E-state index in [-0.39, 0.29) is 4.90 Å². The number of carbonyl (C=O) groups is 1. The van der Waals surface area contributed by atoms with E-state index in [4.69, 9.17) is 0 Å². The third-order valence-corrected chi connectivity index (χ3v) is 8.17. The first-order valence-electron chi connectivity index (χ1n) is 11.2. The van der Waals surface area contributed by atoms with Gasteiger partial charge >= 0.3 is 0 Å². The Morgan fingerprint density at radius 3 is 2.20 bits per heavy atom. The van der Waals surface area contributed by atoms with Crippen LogP contribution < -0.4 is 9.62 Å². The van der Waals surface area contributed by atoms with Crippen molar-refractivity contribution in [2.45, 2.75) is 32.1 Å². The first kappa shape index (κ1) is 24.6. The first-order chi connectivity index (χ1) is 16.8. The minimum Gasteiger partial charge on any atom is -0.299 e. The molecule has 0 fully saturated rings. The van der Waals surface area contributed by atoms with Gasteiger partial charge in [0.2, 0.25) is 11.0 Å². The van der Waals surface area contributed by atoms with Gasteiger partial charge in [-0.15, -0.1) is 10.2 Å². The van der Waals surface area contributed by atoms with Gasteiger partial charge in [-0.25, -0.2) is 8.42 Å². The monoisotopic (exact) mass is 506 g/mol. The van der Waals surface area contributed by atoms with E-state index >= 15 is 0 Å². The van der Waals surface area contributed by atoms with Gasteiger partial charge < -0.3 is 0 Å². The molecule has 0 aliphatic heterocycles. The summed E-state index contributed by atoms with van der Waals surface area (Å²) >= 11 is 1.23. The van der Waals surface area contributed by atoms with Crippen LogP contribution in [-0.2, 0) is 21.2 Å². The predicted octanol–water partition coefficient (Wildman–Crippen LogP) is 5.22. The highest BCUT2D eigenvalue weighted by Gasteiger charge is 2.29. The third-order valence-electron chi connectivity index (χ3n) is 5.51. The van der Waals surface area contributed by atoms with Crippen LogP contribution in [-0.4, -0.2) is 31.1 Å². The fourth-order valence-corrected chi connectivity index (χ4v) is 5.79. The zero-order chi connectivity index (χ0) is 25.0. The molecule has 1 heterocycles. The number of benzene rings is 3. The molecule has 0 aliphatic carbocycles. The van der Waals surface area contributed by atoms with Crippen LogP contribution in [0.15, 0.2) is 77.7 Å². The number of hydrogen-bond donors (Lipinski definition) is 1. The van der Waals surface area contributed by atoms with Crippen LogP contribution >= 0.6 is 11.3 Å². The average Bonchev–Trinajstić information content (AvgIpc) is 3.31. The quantitative estimate of drug-likeness (QED) is 0.354. The zero-order valence-electron chi connectivity index (χ0n) is 19.7. The van der Waals surface area contributed by atoms with E-state index in [1.807, 2.05) is 57.2 Å². The van der Waals surface area contributed by atoms with Crippen LogP contribution in [0.1, 0.15) is 23.6 Å². The molecule has 7 nitrogen and oxygen atoms in total. The highest BCUT2D eigenvalue weighted by atomic mass is 32.2. The van der Waals surface area contributed by atoms with E-state index in [1.54, 1.807) is 36.4 Å². The summed E-state index contributed by atoms with van der Waals surface area (Å²) in [6.45, 7) is 5.44. The normalized spacial score (nSPS) is 11.3. The van der Waals surface area contributed by atoms with Crippen molar-refractivity contribution in [1.29, 1.82) is 0 Å². The molecule has 35 heavy (non-hydrogen) atoms. The molecule has 1 aromatic heterocycles. The van der Waals surface area contributed by atoms with E-state index in [0.29, 0.717) is 22.2 Å². The van der Waals surface area contributed by atoms with E-state index in [1.165, 1.54) is 11.3 Å². The number of anilines is 2. The SMILES string of the molecule is CCc1ccccc1N(CC(=O)Nc1nnc(-c2ccc(C)cc2)s1)S(=O)(=O)c1ccc(C)cc1. The number of carbonyl (C=O) groups excluding carboxylic acids is 1. The molecule has 0 atom stereocenters. The molecule has 9 heteroatoms. The number of nitrogens with one attached hydrogen (secondary N) is 1. The Bertz CT molecular complexity index is 1430. The van der Waals surface area contributed by atoms with Crippen LogP contribution in [0.5, 0.6) is 0 Å². The second kappa shape index (κ2) is 10.4. The van der Waals surface area contributed by atoms with Gasteiger partial charge in [0.1, 0.15) is 11.6 Å². The molecule has 1 amide bonds. The highest BCUT2D eigenvalue weighted by Crippen LogP contribution is 2.29. The summed E-state index contributed by atoms with van der Waals surface area (Å²) in [7, 11) is -3.99. The lowest BCUT2D eigenvalue weighted by molar-refractivity contribution is -0.114. The van der Waals surface area contributed by atoms with E-state index in [0.717, 1.165) is 26.6 Å². The van der Waals surface area contributed by atoms with Crippen molar-refractivity contribution in [3.63, 3.8) is 0 Å². The van der Waals surface area contributed by atoms with Gasteiger partial charge in [0, 0.05) is 5.56 Å². The first-order valence-corrected chi connectivity index (χ1v) is 13.4. The minimum atomic E-state index is -3.99. The summed E-state index contributed by atoms with van der Waals surface area (Å²) in [5.41, 5.74) is 4.28. The second-order valence-electron chi connectivity index (χ2n) is 8.13. The van der Waals surface area contributed by atoms with E-state index < -0.39 is 22.5 Å². The highest BCUT2D eigenvalue weighted by molar-refractivity contribution is 7.92. The number of hydrogen-bond acceptors (Lipinski definition) is 6. The summed E-state index contributed by atoms with van der Waals surface area (Å²) in [6.07, 6.45) is 0.619. The van der Waals surface area contributed by atoms with Crippen LogP contribution in [0.25, 0.3) is 10.6 Å². The molecule has 0 aliphatic rings. The largest absolute Gasteiger partial charge is 0.299 e. The van der Waals surface area contributed by atoms with Crippen molar-refractivity contribution in [3.8, 4) is 10.6 Å². The molecule has 3 aromatic carbocycles. The van der Waals surface area contributed by atoms with Crippen LogP contribution in [0, 0.1) is 13.8 Å². The summed E-state index contributed by atoms with van der Waals surface area (Å²) < 4.78 is 28.4. The third kappa shape index (κ3) is 5.58. The number of rotatable bonds is 8. The second-order valence-corrected chi connectivity index (χ2v) is 11.0. The molecule has 0 spiro atoms. The molecule has 0 saturated carbocycles. The van der Waals surface area contributed by atoms with Gasteiger partial charge in [-0.1, -0.05) is 84.0 Å². The smallest absolute Gasteiger partial charge is 0.264 e. The van der Waals surface area contributed by atoms with Gasteiger partial charge in [0.25, 0.3) is 10.0 Å². The van der Waals surface area contributed by atoms with E-state index in [9.17, 15) is 13.2 Å². The Morgan fingerprint density at radius 2 is 1.54 bits per heavy atom. The topological polar surface area (TPSA) is 92.3 Å². The number of aryl methyl sites for hydroxylation is 3. The van der Waals surface area contributed by atoms with Crippen molar-refractivity contribution in [2.75, 3.05) is 16.2 Å². The van der Waals surface area contributed by atoms with Crippen LogP contribution in [0.2, 0.25) is 0 Å². The fraction of sp³-hybridized carbons (Fsp3) is 0.192. The molecule has 180 valence electrons. The Hall–Kier alpha value is -3.56. The molecule has 4 aromatic rings. The van der Waals surface area contributed by atoms with Gasteiger partial charge in [-0.3, -0.25) is 14.4 Å². The molecular weight excluding hydrogens is 480 g/mol. The molecule has 0 saturated heterocycles. The van der Waals surface area contributed by atoms with Gasteiger partial charge in [-0.05, 0) is 44.0 Å². The van der Waals surface area contributed by atoms with Crippen molar-refractivity contribution < 1.29 is 13.2 Å². The molecule has 1 N–H and O–H groups in total. The number of amides is 1. The van der Waals surface area contributed by atoms with Crippen molar-refractivity contribution in [1.82, 2.24) is 10.2 Å².